The van der Waals surface area contributed by atoms with Crippen molar-refractivity contribution in [3.63, 3.8) is 0 Å². The van der Waals surface area contributed by atoms with Gasteiger partial charge < -0.3 is 21.3 Å². The Morgan fingerprint density at radius 3 is 2.38 bits per heavy atom. The highest BCUT2D eigenvalue weighted by Gasteiger charge is 2.17. The number of carbonyl (C=O) groups is 2. The molecule has 0 fully saturated rings. The van der Waals surface area contributed by atoms with Crippen LogP contribution in [0.3, 0.4) is 0 Å². The molecule has 0 radical (unpaired) electrons. The maximum absolute atomic E-state index is 12.2. The van der Waals surface area contributed by atoms with Gasteiger partial charge in [0, 0.05) is 31.0 Å². The summed E-state index contributed by atoms with van der Waals surface area (Å²) in [4.78, 5) is 25.8. The number of rotatable bonds is 4. The maximum Gasteiger partial charge on any atom is 0.253 e. The second-order valence-electron chi connectivity index (χ2n) is 6.15. The average Bonchev–Trinajstić information content (AvgIpc) is 2.33. The summed E-state index contributed by atoms with van der Waals surface area (Å²) in [5.74, 6) is -0.554. The summed E-state index contributed by atoms with van der Waals surface area (Å²) in [6.45, 7) is 5.58. The summed E-state index contributed by atoms with van der Waals surface area (Å²) >= 11 is 0. The number of anilines is 2. The fraction of sp³-hybridized carbons (Fsp3) is 0.467. The van der Waals surface area contributed by atoms with E-state index < -0.39 is 0 Å². The molecule has 0 aliphatic carbocycles. The molecule has 0 spiro atoms. The van der Waals surface area contributed by atoms with E-state index in [1.807, 2.05) is 39.8 Å². The SMILES string of the molecule is CN(C)c1ccc(N)cc1C(=O)NCC(=O)NC(C)(C)C. The topological polar surface area (TPSA) is 87.5 Å². The van der Waals surface area contributed by atoms with Crippen molar-refractivity contribution in [2.24, 2.45) is 0 Å². The summed E-state index contributed by atoms with van der Waals surface area (Å²) < 4.78 is 0. The minimum absolute atomic E-state index is 0.0717. The number of nitrogens with zero attached hydrogens (tertiary/aromatic N) is 1. The third kappa shape index (κ3) is 5.33. The van der Waals surface area contributed by atoms with Crippen LogP contribution in [0.2, 0.25) is 0 Å². The fourth-order valence-electron chi connectivity index (χ4n) is 1.84. The number of amides is 2. The molecule has 6 nitrogen and oxygen atoms in total. The van der Waals surface area contributed by atoms with E-state index in [-0.39, 0.29) is 23.9 Å². The Labute approximate surface area is 125 Å². The van der Waals surface area contributed by atoms with Crippen LogP contribution in [0, 0.1) is 0 Å². The molecule has 0 aromatic heterocycles. The lowest BCUT2D eigenvalue weighted by Gasteiger charge is -2.21. The second-order valence-corrected chi connectivity index (χ2v) is 6.15. The van der Waals surface area contributed by atoms with E-state index in [0.717, 1.165) is 5.69 Å². The van der Waals surface area contributed by atoms with E-state index in [4.69, 9.17) is 5.73 Å². The molecule has 21 heavy (non-hydrogen) atoms. The number of carbonyl (C=O) groups excluding carboxylic acids is 2. The predicted molar refractivity (Wildman–Crippen MR) is 85.4 cm³/mol. The Balaban J connectivity index is 2.76. The van der Waals surface area contributed by atoms with Gasteiger partial charge in [-0.15, -0.1) is 0 Å². The molecule has 0 saturated heterocycles. The van der Waals surface area contributed by atoms with Gasteiger partial charge in [0.05, 0.1) is 12.1 Å². The van der Waals surface area contributed by atoms with Crippen LogP contribution in [-0.4, -0.2) is 38.0 Å². The normalized spacial score (nSPS) is 10.9. The summed E-state index contributed by atoms with van der Waals surface area (Å²) in [6, 6.07) is 5.12. The van der Waals surface area contributed by atoms with Gasteiger partial charge >= 0.3 is 0 Å². The number of nitrogens with one attached hydrogen (secondary N) is 2. The fourth-order valence-corrected chi connectivity index (χ4v) is 1.84. The molecule has 0 aliphatic rings. The Kier molecular flexibility index (Phi) is 5.18. The van der Waals surface area contributed by atoms with Gasteiger partial charge in [-0.2, -0.15) is 0 Å². The van der Waals surface area contributed by atoms with Crippen LogP contribution in [0.25, 0.3) is 0 Å². The van der Waals surface area contributed by atoms with E-state index in [9.17, 15) is 9.59 Å². The lowest BCUT2D eigenvalue weighted by molar-refractivity contribution is -0.121. The summed E-state index contributed by atoms with van der Waals surface area (Å²) in [6.07, 6.45) is 0. The highest BCUT2D eigenvalue weighted by molar-refractivity contribution is 6.02. The highest BCUT2D eigenvalue weighted by atomic mass is 16.2. The number of hydrogen-bond acceptors (Lipinski definition) is 4. The zero-order valence-electron chi connectivity index (χ0n) is 13.3. The molecule has 0 saturated carbocycles. The number of nitrogens with two attached hydrogens (primary N) is 1. The summed E-state index contributed by atoms with van der Waals surface area (Å²) in [5.41, 5.74) is 7.10. The molecule has 0 unspecified atom stereocenters. The van der Waals surface area contributed by atoms with Crippen molar-refractivity contribution in [2.75, 3.05) is 31.3 Å². The molecule has 1 aromatic rings. The summed E-state index contributed by atoms with van der Waals surface area (Å²) in [7, 11) is 3.68. The van der Waals surface area contributed by atoms with E-state index in [1.54, 1.807) is 18.2 Å². The van der Waals surface area contributed by atoms with E-state index in [1.165, 1.54) is 0 Å². The lowest BCUT2D eigenvalue weighted by Crippen LogP contribution is -2.45. The Bertz CT molecular complexity index is 533. The molecule has 0 bridgehead atoms. The van der Waals surface area contributed by atoms with Crippen molar-refractivity contribution in [1.29, 1.82) is 0 Å². The monoisotopic (exact) mass is 292 g/mol. The van der Waals surface area contributed by atoms with Gasteiger partial charge in [-0.05, 0) is 39.0 Å². The van der Waals surface area contributed by atoms with Crippen LogP contribution in [0.5, 0.6) is 0 Å². The first-order chi connectivity index (χ1) is 9.60. The smallest absolute Gasteiger partial charge is 0.253 e. The van der Waals surface area contributed by atoms with Crippen molar-refractivity contribution in [1.82, 2.24) is 10.6 Å². The number of nitrogen functional groups attached to an aromatic ring is 1. The van der Waals surface area contributed by atoms with Crippen LogP contribution >= 0.6 is 0 Å². The molecule has 4 N–H and O–H groups in total. The van der Waals surface area contributed by atoms with Gasteiger partial charge in [-0.25, -0.2) is 0 Å². The molecular formula is C15H24N4O2. The Morgan fingerprint density at radius 1 is 1.24 bits per heavy atom. The number of benzene rings is 1. The van der Waals surface area contributed by atoms with Gasteiger partial charge in [0.15, 0.2) is 0 Å². The minimum Gasteiger partial charge on any atom is -0.399 e. The molecule has 0 atom stereocenters. The van der Waals surface area contributed by atoms with Crippen LogP contribution in [0.4, 0.5) is 11.4 Å². The van der Waals surface area contributed by atoms with Crippen LogP contribution in [0.15, 0.2) is 18.2 Å². The van der Waals surface area contributed by atoms with Gasteiger partial charge in [-0.1, -0.05) is 0 Å². The molecule has 2 amide bonds. The molecule has 0 aliphatic heterocycles. The maximum atomic E-state index is 12.2. The largest absolute Gasteiger partial charge is 0.399 e. The van der Waals surface area contributed by atoms with Crippen molar-refractivity contribution in [2.45, 2.75) is 26.3 Å². The summed E-state index contributed by atoms with van der Waals surface area (Å²) in [5, 5.41) is 5.40. The van der Waals surface area contributed by atoms with Crippen LogP contribution < -0.4 is 21.3 Å². The lowest BCUT2D eigenvalue weighted by atomic mass is 10.1. The van der Waals surface area contributed by atoms with Gasteiger partial charge in [0.25, 0.3) is 5.91 Å². The first-order valence-electron chi connectivity index (χ1n) is 6.76. The Hall–Kier alpha value is -2.24. The molecule has 1 aromatic carbocycles. The molecule has 0 heterocycles. The van der Waals surface area contributed by atoms with Gasteiger partial charge in [0.1, 0.15) is 0 Å². The standard InChI is InChI=1S/C15H24N4O2/c1-15(2,3)18-13(20)9-17-14(21)11-8-10(16)6-7-12(11)19(4)5/h6-8H,9,16H2,1-5H3,(H,17,21)(H,18,20). The second kappa shape index (κ2) is 6.47. The van der Waals surface area contributed by atoms with E-state index >= 15 is 0 Å². The first-order valence-corrected chi connectivity index (χ1v) is 6.76. The van der Waals surface area contributed by atoms with Crippen LogP contribution in [0.1, 0.15) is 31.1 Å². The molecule has 6 heteroatoms. The van der Waals surface area contributed by atoms with Crippen molar-refractivity contribution in [3.8, 4) is 0 Å². The average molecular weight is 292 g/mol. The number of hydrogen-bond donors (Lipinski definition) is 3. The Morgan fingerprint density at radius 2 is 1.86 bits per heavy atom. The highest BCUT2D eigenvalue weighted by Crippen LogP contribution is 2.21. The van der Waals surface area contributed by atoms with Gasteiger partial charge in [-0.3, -0.25) is 9.59 Å². The van der Waals surface area contributed by atoms with Gasteiger partial charge in [0.2, 0.25) is 5.91 Å². The van der Waals surface area contributed by atoms with E-state index in [0.29, 0.717) is 11.3 Å². The third-order valence-electron chi connectivity index (χ3n) is 2.67. The van der Waals surface area contributed by atoms with Crippen molar-refractivity contribution >= 4 is 23.2 Å². The molecule has 1 rings (SSSR count). The first kappa shape index (κ1) is 16.8. The predicted octanol–water partition coefficient (Wildman–Crippen LogP) is 0.979. The zero-order valence-corrected chi connectivity index (χ0v) is 13.3. The van der Waals surface area contributed by atoms with Crippen molar-refractivity contribution < 1.29 is 9.59 Å². The van der Waals surface area contributed by atoms with Crippen LogP contribution in [-0.2, 0) is 4.79 Å². The zero-order chi connectivity index (χ0) is 16.2. The minimum atomic E-state index is -0.326. The quantitative estimate of drug-likeness (QED) is 0.722. The molecular weight excluding hydrogens is 268 g/mol. The van der Waals surface area contributed by atoms with Crippen molar-refractivity contribution in [3.05, 3.63) is 23.8 Å². The van der Waals surface area contributed by atoms with E-state index in [2.05, 4.69) is 10.6 Å². The molecule has 116 valence electrons. The third-order valence-corrected chi connectivity index (χ3v) is 2.67.